The lowest BCUT2D eigenvalue weighted by Crippen LogP contribution is -2.38. The molecule has 19 heavy (non-hydrogen) atoms. The summed E-state index contributed by atoms with van der Waals surface area (Å²) < 4.78 is 4.63. The summed E-state index contributed by atoms with van der Waals surface area (Å²) in [6.07, 6.45) is 3.60. The lowest BCUT2D eigenvalue weighted by atomic mass is 10.2. The van der Waals surface area contributed by atoms with Gasteiger partial charge < -0.3 is 15.4 Å². The molecule has 0 bridgehead atoms. The molecule has 1 aromatic heterocycles. The molecule has 1 aliphatic carbocycles. The monoisotopic (exact) mass is 263 g/mol. The second kappa shape index (κ2) is 5.69. The lowest BCUT2D eigenvalue weighted by Gasteiger charge is -2.14. The third kappa shape index (κ3) is 3.67. The van der Waals surface area contributed by atoms with Crippen molar-refractivity contribution in [2.75, 3.05) is 12.4 Å². The highest BCUT2D eigenvalue weighted by Gasteiger charge is 2.25. The molecule has 1 aliphatic rings. The third-order valence-electron chi connectivity index (χ3n) is 2.86. The van der Waals surface area contributed by atoms with Crippen molar-refractivity contribution in [3.8, 4) is 0 Å². The van der Waals surface area contributed by atoms with Gasteiger partial charge in [0, 0.05) is 12.2 Å². The molecule has 1 heterocycles. The zero-order chi connectivity index (χ0) is 13.8. The summed E-state index contributed by atoms with van der Waals surface area (Å²) in [4.78, 5) is 27.2. The van der Waals surface area contributed by atoms with Gasteiger partial charge in [-0.15, -0.1) is 0 Å². The molecule has 6 nitrogen and oxygen atoms in total. The Kier molecular flexibility index (Phi) is 3.99. The molecular weight excluding hydrogens is 246 g/mol. The standard InChI is InChI=1S/C13H17N3O3/c1-8(12(17)16-10-3-4-10)15-11-7-9(5-6-14-11)13(18)19-2/h5-8,10H,3-4H2,1-2H3,(H,14,15)(H,16,17). The van der Waals surface area contributed by atoms with E-state index in [1.54, 1.807) is 19.1 Å². The number of carbonyl (C=O) groups excluding carboxylic acids is 2. The molecule has 0 aromatic carbocycles. The van der Waals surface area contributed by atoms with Gasteiger partial charge in [0.25, 0.3) is 0 Å². The van der Waals surface area contributed by atoms with Crippen molar-refractivity contribution in [2.45, 2.75) is 31.8 Å². The number of pyridine rings is 1. The van der Waals surface area contributed by atoms with Crippen LogP contribution in [0.3, 0.4) is 0 Å². The van der Waals surface area contributed by atoms with Gasteiger partial charge in [-0.25, -0.2) is 9.78 Å². The minimum Gasteiger partial charge on any atom is -0.465 e. The van der Waals surface area contributed by atoms with Gasteiger partial charge in [-0.05, 0) is 31.9 Å². The summed E-state index contributed by atoms with van der Waals surface area (Å²) in [7, 11) is 1.32. The fraction of sp³-hybridized carbons (Fsp3) is 0.462. The average molecular weight is 263 g/mol. The van der Waals surface area contributed by atoms with E-state index in [0.29, 0.717) is 17.4 Å². The van der Waals surface area contributed by atoms with E-state index in [2.05, 4.69) is 20.4 Å². The van der Waals surface area contributed by atoms with Crippen LogP contribution in [0.25, 0.3) is 0 Å². The third-order valence-corrected chi connectivity index (χ3v) is 2.86. The minimum absolute atomic E-state index is 0.0622. The Hall–Kier alpha value is -2.11. The summed E-state index contributed by atoms with van der Waals surface area (Å²) in [5, 5.41) is 5.86. The van der Waals surface area contributed by atoms with E-state index in [-0.39, 0.29) is 5.91 Å². The van der Waals surface area contributed by atoms with Gasteiger partial charge in [-0.1, -0.05) is 0 Å². The van der Waals surface area contributed by atoms with E-state index >= 15 is 0 Å². The van der Waals surface area contributed by atoms with Crippen LogP contribution in [0.1, 0.15) is 30.1 Å². The van der Waals surface area contributed by atoms with Crippen molar-refractivity contribution in [3.05, 3.63) is 23.9 Å². The lowest BCUT2D eigenvalue weighted by molar-refractivity contribution is -0.121. The molecule has 1 aromatic rings. The smallest absolute Gasteiger partial charge is 0.338 e. The van der Waals surface area contributed by atoms with Crippen molar-refractivity contribution in [2.24, 2.45) is 0 Å². The predicted octanol–water partition coefficient (Wildman–Crippen LogP) is 0.947. The van der Waals surface area contributed by atoms with Crippen molar-refractivity contribution in [1.29, 1.82) is 0 Å². The van der Waals surface area contributed by atoms with Crippen LogP contribution in [0.5, 0.6) is 0 Å². The SMILES string of the molecule is COC(=O)c1ccnc(NC(C)C(=O)NC2CC2)c1. The fourth-order valence-corrected chi connectivity index (χ4v) is 1.60. The number of ether oxygens (including phenoxy) is 1. The Balaban J connectivity index is 1.97. The molecule has 2 N–H and O–H groups in total. The quantitative estimate of drug-likeness (QED) is 0.773. The van der Waals surface area contributed by atoms with E-state index in [1.165, 1.54) is 13.3 Å². The first kappa shape index (κ1) is 13.3. The molecule has 6 heteroatoms. The normalized spacial score (nSPS) is 15.5. The number of nitrogens with zero attached hydrogens (tertiary/aromatic N) is 1. The Morgan fingerprint density at radius 3 is 2.84 bits per heavy atom. The summed E-state index contributed by atoms with van der Waals surface area (Å²) >= 11 is 0. The van der Waals surface area contributed by atoms with Crippen LogP contribution in [0.4, 0.5) is 5.82 Å². The first-order chi connectivity index (χ1) is 9.10. The number of hydrogen-bond acceptors (Lipinski definition) is 5. The summed E-state index contributed by atoms with van der Waals surface area (Å²) in [6, 6.07) is 3.05. The van der Waals surface area contributed by atoms with Gasteiger partial charge in [-0.3, -0.25) is 4.79 Å². The molecule has 2 rings (SSSR count). The van der Waals surface area contributed by atoms with E-state index in [1.807, 2.05) is 0 Å². The summed E-state index contributed by atoms with van der Waals surface area (Å²) in [6.45, 7) is 1.75. The largest absolute Gasteiger partial charge is 0.465 e. The number of esters is 1. The van der Waals surface area contributed by atoms with Crippen LogP contribution >= 0.6 is 0 Å². The molecule has 1 saturated carbocycles. The van der Waals surface area contributed by atoms with Gasteiger partial charge in [-0.2, -0.15) is 0 Å². The highest BCUT2D eigenvalue weighted by atomic mass is 16.5. The molecule has 0 spiro atoms. The van der Waals surface area contributed by atoms with E-state index < -0.39 is 12.0 Å². The van der Waals surface area contributed by atoms with Gasteiger partial charge in [0.2, 0.25) is 5.91 Å². The van der Waals surface area contributed by atoms with E-state index in [0.717, 1.165) is 12.8 Å². The van der Waals surface area contributed by atoms with Crippen molar-refractivity contribution in [1.82, 2.24) is 10.3 Å². The first-order valence-corrected chi connectivity index (χ1v) is 6.21. The maximum Gasteiger partial charge on any atom is 0.338 e. The van der Waals surface area contributed by atoms with Crippen molar-refractivity contribution in [3.63, 3.8) is 0 Å². The molecule has 1 unspecified atom stereocenters. The van der Waals surface area contributed by atoms with Crippen LogP contribution in [0.15, 0.2) is 18.3 Å². The Morgan fingerprint density at radius 1 is 1.47 bits per heavy atom. The molecule has 1 fully saturated rings. The maximum absolute atomic E-state index is 11.8. The van der Waals surface area contributed by atoms with E-state index in [4.69, 9.17) is 0 Å². The Labute approximate surface area is 111 Å². The predicted molar refractivity (Wildman–Crippen MR) is 69.8 cm³/mol. The van der Waals surface area contributed by atoms with Gasteiger partial charge >= 0.3 is 5.97 Å². The number of hydrogen-bond donors (Lipinski definition) is 2. The number of methoxy groups -OCH3 is 1. The number of nitrogens with one attached hydrogen (secondary N) is 2. The molecule has 0 radical (unpaired) electrons. The Bertz CT molecular complexity index is 486. The van der Waals surface area contributed by atoms with Crippen LogP contribution in [-0.4, -0.2) is 36.1 Å². The molecule has 1 amide bonds. The van der Waals surface area contributed by atoms with Crippen LogP contribution in [-0.2, 0) is 9.53 Å². The van der Waals surface area contributed by atoms with Crippen molar-refractivity contribution < 1.29 is 14.3 Å². The Morgan fingerprint density at radius 2 is 2.21 bits per heavy atom. The van der Waals surface area contributed by atoms with E-state index in [9.17, 15) is 9.59 Å². The van der Waals surface area contributed by atoms with Gasteiger partial charge in [0.1, 0.15) is 11.9 Å². The highest BCUT2D eigenvalue weighted by molar-refractivity contribution is 5.90. The number of carbonyl (C=O) groups is 2. The van der Waals surface area contributed by atoms with Crippen LogP contribution in [0.2, 0.25) is 0 Å². The number of amides is 1. The summed E-state index contributed by atoms with van der Waals surface area (Å²) in [5.74, 6) is -0.0188. The topological polar surface area (TPSA) is 80.3 Å². The number of anilines is 1. The molecule has 0 aliphatic heterocycles. The van der Waals surface area contributed by atoms with Crippen molar-refractivity contribution >= 4 is 17.7 Å². The fourth-order valence-electron chi connectivity index (χ4n) is 1.60. The number of rotatable bonds is 5. The first-order valence-electron chi connectivity index (χ1n) is 6.21. The second-order valence-corrected chi connectivity index (χ2v) is 4.57. The second-order valence-electron chi connectivity index (χ2n) is 4.57. The van der Waals surface area contributed by atoms with Gasteiger partial charge in [0.15, 0.2) is 0 Å². The summed E-state index contributed by atoms with van der Waals surface area (Å²) in [5.41, 5.74) is 0.398. The van der Waals surface area contributed by atoms with Crippen LogP contribution < -0.4 is 10.6 Å². The highest BCUT2D eigenvalue weighted by Crippen LogP contribution is 2.19. The average Bonchev–Trinajstić information content (AvgIpc) is 3.22. The molecule has 1 atom stereocenters. The zero-order valence-electron chi connectivity index (χ0n) is 11.0. The molecular formula is C13H17N3O3. The zero-order valence-corrected chi connectivity index (χ0v) is 11.0. The molecule has 102 valence electrons. The minimum atomic E-state index is -0.430. The van der Waals surface area contributed by atoms with Crippen LogP contribution in [0, 0.1) is 0 Å². The molecule has 0 saturated heterocycles. The maximum atomic E-state index is 11.8. The van der Waals surface area contributed by atoms with Gasteiger partial charge in [0.05, 0.1) is 12.7 Å². The number of aromatic nitrogens is 1.